The fourth-order valence-corrected chi connectivity index (χ4v) is 4.91. The van der Waals surface area contributed by atoms with E-state index >= 15 is 0 Å². The van der Waals surface area contributed by atoms with E-state index in [9.17, 15) is 0 Å². The molecular formula is C29H56O3Si. The van der Waals surface area contributed by atoms with Gasteiger partial charge in [0.25, 0.3) is 0 Å². The molecule has 1 rings (SSSR count). The standard InChI is InChI=1S/C29H56O3Si/c1-29(2,3)33(4,5)32-27-22-19-17-15-13-11-9-7-6-8-10-12-14-16-18-21-25-30-28-24-20-23-26-31-28/h28H,8-27H2,1-5H3. The Morgan fingerprint density at radius 2 is 1.24 bits per heavy atom. The average molecular weight is 481 g/mol. The van der Waals surface area contributed by atoms with Crippen molar-refractivity contribution in [3.8, 4) is 11.8 Å². The predicted molar refractivity (Wildman–Crippen MR) is 145 cm³/mol. The molecule has 1 saturated heterocycles. The van der Waals surface area contributed by atoms with Crippen LogP contribution in [-0.4, -0.2) is 34.4 Å². The van der Waals surface area contributed by atoms with Gasteiger partial charge in [-0.05, 0) is 63.1 Å². The number of hydrogen-bond acceptors (Lipinski definition) is 3. The molecule has 1 heterocycles. The molecule has 194 valence electrons. The molecule has 0 aromatic heterocycles. The summed E-state index contributed by atoms with van der Waals surface area (Å²) in [6.45, 7) is 14.3. The summed E-state index contributed by atoms with van der Waals surface area (Å²) in [5.74, 6) is 6.76. The highest BCUT2D eigenvalue weighted by atomic mass is 28.4. The van der Waals surface area contributed by atoms with Crippen LogP contribution < -0.4 is 0 Å². The lowest BCUT2D eigenvalue weighted by Crippen LogP contribution is -2.40. The first-order valence-corrected chi connectivity index (χ1v) is 17.1. The van der Waals surface area contributed by atoms with Gasteiger partial charge in [0.1, 0.15) is 0 Å². The summed E-state index contributed by atoms with van der Waals surface area (Å²) >= 11 is 0. The number of ether oxygens (including phenoxy) is 2. The second-order valence-electron chi connectivity index (χ2n) is 11.4. The molecule has 0 aliphatic carbocycles. The van der Waals surface area contributed by atoms with Crippen LogP contribution in [0.3, 0.4) is 0 Å². The summed E-state index contributed by atoms with van der Waals surface area (Å²) < 4.78 is 17.6. The van der Waals surface area contributed by atoms with Gasteiger partial charge in [0, 0.05) is 32.7 Å². The third-order valence-corrected chi connectivity index (χ3v) is 11.8. The van der Waals surface area contributed by atoms with Gasteiger partial charge < -0.3 is 13.9 Å². The van der Waals surface area contributed by atoms with Crippen LogP contribution in [0.4, 0.5) is 0 Å². The summed E-state index contributed by atoms with van der Waals surface area (Å²) in [5, 5.41) is 0.327. The third-order valence-electron chi connectivity index (χ3n) is 7.23. The Morgan fingerprint density at radius 3 is 1.76 bits per heavy atom. The highest BCUT2D eigenvalue weighted by molar-refractivity contribution is 6.74. The molecule has 1 unspecified atom stereocenters. The number of hydrogen-bond donors (Lipinski definition) is 0. The van der Waals surface area contributed by atoms with Gasteiger partial charge in [0.05, 0.1) is 0 Å². The Morgan fingerprint density at radius 1 is 0.727 bits per heavy atom. The Bertz CT molecular complexity index is 509. The molecule has 0 spiro atoms. The molecule has 0 radical (unpaired) electrons. The summed E-state index contributed by atoms with van der Waals surface area (Å²) in [7, 11) is -1.55. The smallest absolute Gasteiger partial charge is 0.191 e. The third kappa shape index (κ3) is 16.8. The zero-order valence-electron chi connectivity index (χ0n) is 22.9. The molecule has 1 fully saturated rings. The molecule has 4 heteroatoms. The van der Waals surface area contributed by atoms with E-state index in [0.29, 0.717) is 5.04 Å². The molecule has 3 nitrogen and oxygen atoms in total. The molecule has 0 aromatic rings. The summed E-state index contributed by atoms with van der Waals surface area (Å²) in [5.41, 5.74) is 0. The maximum atomic E-state index is 6.26. The van der Waals surface area contributed by atoms with Crippen LogP contribution in [0, 0.1) is 11.8 Å². The van der Waals surface area contributed by atoms with Crippen molar-refractivity contribution in [3.05, 3.63) is 0 Å². The van der Waals surface area contributed by atoms with Crippen LogP contribution in [0.15, 0.2) is 0 Å². The molecule has 1 aliphatic heterocycles. The van der Waals surface area contributed by atoms with E-state index in [1.807, 2.05) is 0 Å². The maximum absolute atomic E-state index is 6.26. The van der Waals surface area contributed by atoms with Crippen LogP contribution in [0.1, 0.15) is 130 Å². The lowest BCUT2D eigenvalue weighted by molar-refractivity contribution is -0.162. The van der Waals surface area contributed by atoms with Gasteiger partial charge in [0.2, 0.25) is 0 Å². The van der Waals surface area contributed by atoms with Crippen molar-refractivity contribution in [2.45, 2.75) is 154 Å². The Labute approximate surface area is 208 Å². The average Bonchev–Trinajstić information content (AvgIpc) is 2.77. The molecule has 1 atom stereocenters. The molecule has 0 saturated carbocycles. The van der Waals surface area contributed by atoms with E-state index < -0.39 is 8.32 Å². The molecule has 0 bridgehead atoms. The predicted octanol–water partition coefficient (Wildman–Crippen LogP) is 9.02. The first-order valence-electron chi connectivity index (χ1n) is 14.2. The Hall–Kier alpha value is -0.343. The summed E-state index contributed by atoms with van der Waals surface area (Å²) in [6.07, 6.45) is 21.3. The monoisotopic (exact) mass is 480 g/mol. The second-order valence-corrected chi connectivity index (χ2v) is 16.2. The maximum Gasteiger partial charge on any atom is 0.191 e. The topological polar surface area (TPSA) is 27.7 Å². The largest absolute Gasteiger partial charge is 0.417 e. The quantitative estimate of drug-likeness (QED) is 0.111. The van der Waals surface area contributed by atoms with Gasteiger partial charge in [-0.1, -0.05) is 72.1 Å². The highest BCUT2D eigenvalue weighted by Gasteiger charge is 2.36. The summed E-state index contributed by atoms with van der Waals surface area (Å²) in [6, 6.07) is 0. The Kier molecular flexibility index (Phi) is 17.6. The highest BCUT2D eigenvalue weighted by Crippen LogP contribution is 2.36. The van der Waals surface area contributed by atoms with Gasteiger partial charge >= 0.3 is 0 Å². The first kappa shape index (κ1) is 30.7. The normalized spacial score (nSPS) is 17.1. The lowest BCUT2D eigenvalue weighted by atomic mass is 10.1. The molecular weight excluding hydrogens is 424 g/mol. The minimum Gasteiger partial charge on any atom is -0.417 e. The van der Waals surface area contributed by atoms with E-state index in [0.717, 1.165) is 39.1 Å². The lowest BCUT2D eigenvalue weighted by Gasteiger charge is -2.36. The van der Waals surface area contributed by atoms with E-state index in [1.165, 1.54) is 89.9 Å². The Balaban J connectivity index is 1.77. The van der Waals surface area contributed by atoms with Crippen LogP contribution in [0.2, 0.25) is 18.1 Å². The van der Waals surface area contributed by atoms with Crippen molar-refractivity contribution in [1.82, 2.24) is 0 Å². The fourth-order valence-electron chi connectivity index (χ4n) is 3.82. The van der Waals surface area contributed by atoms with E-state index in [2.05, 4.69) is 45.7 Å². The minimum atomic E-state index is -1.55. The van der Waals surface area contributed by atoms with Crippen LogP contribution in [-0.2, 0) is 13.9 Å². The van der Waals surface area contributed by atoms with Gasteiger partial charge in [0.15, 0.2) is 14.6 Å². The van der Waals surface area contributed by atoms with Crippen molar-refractivity contribution in [1.29, 1.82) is 0 Å². The second kappa shape index (κ2) is 18.9. The fraction of sp³-hybridized carbons (Fsp3) is 0.931. The minimum absolute atomic E-state index is 0.0785. The van der Waals surface area contributed by atoms with Crippen molar-refractivity contribution in [3.63, 3.8) is 0 Å². The van der Waals surface area contributed by atoms with Crippen molar-refractivity contribution in [2.75, 3.05) is 19.8 Å². The van der Waals surface area contributed by atoms with Crippen LogP contribution in [0.5, 0.6) is 0 Å². The molecule has 0 N–H and O–H groups in total. The molecule has 0 aromatic carbocycles. The first-order chi connectivity index (χ1) is 15.8. The molecule has 33 heavy (non-hydrogen) atoms. The molecule has 0 amide bonds. The van der Waals surface area contributed by atoms with Crippen molar-refractivity contribution in [2.24, 2.45) is 0 Å². The zero-order chi connectivity index (χ0) is 24.3. The number of unbranched alkanes of at least 4 members (excludes halogenated alkanes) is 12. The van der Waals surface area contributed by atoms with Gasteiger partial charge in [-0.25, -0.2) is 0 Å². The van der Waals surface area contributed by atoms with Gasteiger partial charge in [-0.3, -0.25) is 0 Å². The van der Waals surface area contributed by atoms with Gasteiger partial charge in [-0.2, -0.15) is 0 Å². The summed E-state index contributed by atoms with van der Waals surface area (Å²) in [4.78, 5) is 0. The number of rotatable bonds is 18. The van der Waals surface area contributed by atoms with E-state index in [1.54, 1.807) is 0 Å². The van der Waals surface area contributed by atoms with E-state index in [-0.39, 0.29) is 6.29 Å². The van der Waals surface area contributed by atoms with Crippen molar-refractivity contribution < 1.29 is 13.9 Å². The van der Waals surface area contributed by atoms with E-state index in [4.69, 9.17) is 13.9 Å². The molecule has 1 aliphatic rings. The SMILES string of the molecule is CC(C)(C)[Si](C)(C)OCCCCCCCCC#CCCCCCCCCOC1CCCCO1. The zero-order valence-corrected chi connectivity index (χ0v) is 23.9. The van der Waals surface area contributed by atoms with Crippen LogP contribution in [0.25, 0.3) is 0 Å². The van der Waals surface area contributed by atoms with Crippen molar-refractivity contribution >= 4 is 8.32 Å². The van der Waals surface area contributed by atoms with Gasteiger partial charge in [-0.15, -0.1) is 11.8 Å². The van der Waals surface area contributed by atoms with Crippen LogP contribution >= 0.6 is 0 Å².